The molecular formula is C23H24N2O5. The number of benzene rings is 1. The Morgan fingerprint density at radius 3 is 2.90 bits per heavy atom. The molecule has 4 rings (SSSR count). The van der Waals surface area contributed by atoms with Gasteiger partial charge in [0.2, 0.25) is 0 Å². The van der Waals surface area contributed by atoms with Crippen LogP contribution in [0.25, 0.3) is 10.9 Å². The summed E-state index contributed by atoms with van der Waals surface area (Å²) in [7, 11) is 0. The number of para-hydroxylation sites is 1. The average Bonchev–Trinajstić information content (AvgIpc) is 3.26. The first kappa shape index (κ1) is 20.1. The summed E-state index contributed by atoms with van der Waals surface area (Å²) in [6, 6.07) is 11.4. The molecule has 1 aromatic carbocycles. The predicted octanol–water partition coefficient (Wildman–Crippen LogP) is 3.12. The molecule has 1 atom stereocenters. The largest absolute Gasteiger partial charge is 0.489 e. The topological polar surface area (TPSA) is 90.7 Å². The molecule has 3 aromatic rings. The molecule has 1 saturated heterocycles. The summed E-state index contributed by atoms with van der Waals surface area (Å²) in [6.07, 6.45) is 0.813. The summed E-state index contributed by atoms with van der Waals surface area (Å²) in [5.41, 5.74) is 1.69. The highest BCUT2D eigenvalue weighted by atomic mass is 16.5. The normalized spacial score (nSPS) is 16.0. The average molecular weight is 408 g/mol. The van der Waals surface area contributed by atoms with Gasteiger partial charge in [-0.15, -0.1) is 0 Å². The van der Waals surface area contributed by atoms with Gasteiger partial charge < -0.3 is 19.2 Å². The summed E-state index contributed by atoms with van der Waals surface area (Å²) < 4.78 is 16.6. The molecule has 2 aromatic heterocycles. The van der Waals surface area contributed by atoms with Crippen molar-refractivity contribution in [1.82, 2.24) is 10.3 Å². The summed E-state index contributed by atoms with van der Waals surface area (Å²) in [5.74, 6) is 0.837. The van der Waals surface area contributed by atoms with E-state index in [4.69, 9.17) is 13.9 Å². The molecule has 30 heavy (non-hydrogen) atoms. The van der Waals surface area contributed by atoms with Gasteiger partial charge in [-0.25, -0.2) is 9.78 Å². The molecular weight excluding hydrogens is 384 g/mol. The Bertz CT molecular complexity index is 1130. The van der Waals surface area contributed by atoms with Gasteiger partial charge in [0.05, 0.1) is 13.2 Å². The summed E-state index contributed by atoms with van der Waals surface area (Å²) in [6.45, 7) is 5.36. The first-order valence-electron chi connectivity index (χ1n) is 10.0. The first-order valence-corrected chi connectivity index (χ1v) is 10.0. The molecule has 1 fully saturated rings. The second kappa shape index (κ2) is 8.67. The Kier molecular flexibility index (Phi) is 5.81. The number of ether oxygens (including phenoxy) is 2. The van der Waals surface area contributed by atoms with Gasteiger partial charge in [0.25, 0.3) is 5.91 Å². The number of hydrogen-bond donors (Lipinski definition) is 1. The summed E-state index contributed by atoms with van der Waals surface area (Å²) in [4.78, 5) is 29.4. The van der Waals surface area contributed by atoms with Gasteiger partial charge in [-0.05, 0) is 44.0 Å². The van der Waals surface area contributed by atoms with Crippen molar-refractivity contribution in [2.24, 2.45) is 0 Å². The number of pyridine rings is 1. The van der Waals surface area contributed by atoms with Crippen molar-refractivity contribution in [3.63, 3.8) is 0 Å². The minimum Gasteiger partial charge on any atom is -0.489 e. The first-order chi connectivity index (χ1) is 14.5. The van der Waals surface area contributed by atoms with E-state index < -0.39 is 11.5 Å². The molecule has 0 bridgehead atoms. The number of nitrogens with zero attached hydrogens (tertiary/aromatic N) is 1. The lowest BCUT2D eigenvalue weighted by molar-refractivity contribution is 0.0942. The van der Waals surface area contributed by atoms with Gasteiger partial charge >= 0.3 is 5.63 Å². The number of carbonyl (C=O) groups is 1. The lowest BCUT2D eigenvalue weighted by Gasteiger charge is -2.12. The number of amides is 1. The zero-order valence-electron chi connectivity index (χ0n) is 17.1. The number of aromatic nitrogens is 1. The molecule has 3 heterocycles. The molecule has 1 unspecified atom stereocenters. The van der Waals surface area contributed by atoms with Crippen LogP contribution in [0.4, 0.5) is 0 Å². The van der Waals surface area contributed by atoms with Crippen LogP contribution in [0, 0.1) is 13.8 Å². The zero-order valence-corrected chi connectivity index (χ0v) is 17.1. The van der Waals surface area contributed by atoms with E-state index in [2.05, 4.69) is 10.3 Å². The van der Waals surface area contributed by atoms with Crippen LogP contribution >= 0.6 is 0 Å². The fourth-order valence-corrected chi connectivity index (χ4v) is 3.61. The minimum absolute atomic E-state index is 0.0279. The smallest absolute Gasteiger partial charge is 0.349 e. The van der Waals surface area contributed by atoms with Crippen molar-refractivity contribution in [3.05, 3.63) is 69.4 Å². The van der Waals surface area contributed by atoms with E-state index in [1.54, 1.807) is 13.0 Å². The fourth-order valence-electron chi connectivity index (χ4n) is 3.61. The van der Waals surface area contributed by atoms with Crippen LogP contribution in [0.2, 0.25) is 0 Å². The predicted molar refractivity (Wildman–Crippen MR) is 112 cm³/mol. The van der Waals surface area contributed by atoms with E-state index in [-0.39, 0.29) is 24.6 Å². The number of carbonyl (C=O) groups excluding carboxylic acids is 1. The van der Waals surface area contributed by atoms with Crippen LogP contribution in [-0.4, -0.2) is 37.3 Å². The minimum atomic E-state index is -0.621. The molecule has 156 valence electrons. The van der Waals surface area contributed by atoms with Crippen molar-refractivity contribution in [2.75, 3.05) is 26.4 Å². The lowest BCUT2D eigenvalue weighted by Crippen LogP contribution is -2.32. The van der Waals surface area contributed by atoms with Crippen LogP contribution in [0.15, 0.2) is 45.6 Å². The summed E-state index contributed by atoms with van der Waals surface area (Å²) >= 11 is 0. The van der Waals surface area contributed by atoms with Gasteiger partial charge in [-0.3, -0.25) is 4.79 Å². The maximum atomic E-state index is 12.5. The standard InChI is InChI=1S/C23H24N2O5/c1-14-12-19(17-8-10-28-13-17)30-23(27)20(14)22(26)24-9-11-29-18-5-3-4-16-7-6-15(2)25-21(16)18/h3-7,12,17H,8-11,13H2,1-2H3,(H,24,26). The van der Waals surface area contributed by atoms with Gasteiger partial charge in [0.1, 0.15) is 29.2 Å². The highest BCUT2D eigenvalue weighted by molar-refractivity contribution is 5.95. The van der Waals surface area contributed by atoms with E-state index in [9.17, 15) is 9.59 Å². The van der Waals surface area contributed by atoms with Crippen molar-refractivity contribution in [3.8, 4) is 5.75 Å². The second-order valence-electron chi connectivity index (χ2n) is 7.44. The number of aryl methyl sites for hydroxylation is 2. The van der Waals surface area contributed by atoms with Gasteiger partial charge in [-0.2, -0.15) is 0 Å². The third kappa shape index (κ3) is 4.21. The third-order valence-corrected chi connectivity index (χ3v) is 5.19. The van der Waals surface area contributed by atoms with Crippen LogP contribution < -0.4 is 15.7 Å². The van der Waals surface area contributed by atoms with E-state index in [1.807, 2.05) is 37.3 Å². The van der Waals surface area contributed by atoms with Crippen molar-refractivity contribution < 1.29 is 18.7 Å². The highest BCUT2D eigenvalue weighted by Crippen LogP contribution is 2.25. The van der Waals surface area contributed by atoms with Gasteiger partial charge in [0.15, 0.2) is 0 Å². The number of hydrogen-bond acceptors (Lipinski definition) is 6. The van der Waals surface area contributed by atoms with E-state index in [0.717, 1.165) is 23.0 Å². The molecule has 0 aliphatic carbocycles. The molecule has 0 spiro atoms. The Labute approximate surface area is 174 Å². The molecule has 7 nitrogen and oxygen atoms in total. The third-order valence-electron chi connectivity index (χ3n) is 5.19. The molecule has 1 N–H and O–H groups in total. The molecule has 1 aliphatic heterocycles. The van der Waals surface area contributed by atoms with Gasteiger partial charge in [0, 0.05) is 23.6 Å². The molecule has 0 saturated carbocycles. The fraction of sp³-hybridized carbons (Fsp3) is 0.348. The van der Waals surface area contributed by atoms with Crippen LogP contribution in [-0.2, 0) is 4.74 Å². The maximum absolute atomic E-state index is 12.5. The Hall–Kier alpha value is -3.19. The van der Waals surface area contributed by atoms with Crippen molar-refractivity contribution in [2.45, 2.75) is 26.2 Å². The Balaban J connectivity index is 1.39. The monoisotopic (exact) mass is 408 g/mol. The lowest BCUT2D eigenvalue weighted by atomic mass is 10.0. The molecule has 1 amide bonds. The zero-order chi connectivity index (χ0) is 21.1. The molecule has 0 radical (unpaired) electrons. The van der Waals surface area contributed by atoms with Crippen molar-refractivity contribution >= 4 is 16.8 Å². The number of rotatable bonds is 6. The highest BCUT2D eigenvalue weighted by Gasteiger charge is 2.24. The van der Waals surface area contributed by atoms with E-state index in [1.165, 1.54) is 0 Å². The van der Waals surface area contributed by atoms with Crippen LogP contribution in [0.3, 0.4) is 0 Å². The van der Waals surface area contributed by atoms with E-state index in [0.29, 0.717) is 30.3 Å². The summed E-state index contributed by atoms with van der Waals surface area (Å²) in [5, 5.41) is 3.72. The molecule has 7 heteroatoms. The molecule has 1 aliphatic rings. The second-order valence-corrected chi connectivity index (χ2v) is 7.44. The maximum Gasteiger partial charge on any atom is 0.349 e. The quantitative estimate of drug-likeness (QED) is 0.630. The Morgan fingerprint density at radius 2 is 2.13 bits per heavy atom. The Morgan fingerprint density at radius 1 is 1.27 bits per heavy atom. The van der Waals surface area contributed by atoms with Gasteiger partial charge in [-0.1, -0.05) is 18.2 Å². The van der Waals surface area contributed by atoms with Crippen LogP contribution in [0.1, 0.15) is 39.7 Å². The number of fused-ring (bicyclic) bond motifs is 1. The number of nitrogens with one attached hydrogen (secondary N) is 1. The van der Waals surface area contributed by atoms with E-state index >= 15 is 0 Å². The SMILES string of the molecule is Cc1ccc2cccc(OCCNC(=O)c3c(C)cc(C4CCOC4)oc3=O)c2n1. The van der Waals surface area contributed by atoms with Crippen molar-refractivity contribution in [1.29, 1.82) is 0 Å². The van der Waals surface area contributed by atoms with Crippen LogP contribution in [0.5, 0.6) is 5.75 Å².